The third-order valence-electron chi connectivity index (χ3n) is 4.38. The highest BCUT2D eigenvalue weighted by atomic mass is 32.1. The quantitative estimate of drug-likeness (QED) is 0.707. The van der Waals surface area contributed by atoms with E-state index < -0.39 is 0 Å². The van der Waals surface area contributed by atoms with Crippen molar-refractivity contribution in [1.82, 2.24) is 14.9 Å². The van der Waals surface area contributed by atoms with E-state index in [1.165, 1.54) is 35.5 Å². The number of rotatable bonds is 5. The van der Waals surface area contributed by atoms with Crippen LogP contribution in [0.5, 0.6) is 0 Å². The minimum Gasteiger partial charge on any atom is -0.297 e. The molecule has 0 saturated carbocycles. The van der Waals surface area contributed by atoms with Gasteiger partial charge in [0, 0.05) is 17.5 Å². The number of nitrogens with zero attached hydrogens (tertiary/aromatic N) is 3. The zero-order valence-corrected chi connectivity index (χ0v) is 16.2. The van der Waals surface area contributed by atoms with Crippen LogP contribution in [0.4, 0.5) is 5.13 Å². The van der Waals surface area contributed by atoms with Crippen LogP contribution in [0.15, 0.2) is 35.7 Å². The van der Waals surface area contributed by atoms with Gasteiger partial charge in [-0.3, -0.25) is 15.0 Å². The molecule has 1 fully saturated rings. The summed E-state index contributed by atoms with van der Waals surface area (Å²) in [4.78, 5) is 24.8. The molecule has 3 aromatic rings. The van der Waals surface area contributed by atoms with Crippen LogP contribution >= 0.6 is 22.7 Å². The maximum absolute atomic E-state index is 12.6. The van der Waals surface area contributed by atoms with Gasteiger partial charge in [-0.25, -0.2) is 9.97 Å². The van der Waals surface area contributed by atoms with Gasteiger partial charge in [-0.15, -0.1) is 22.7 Å². The molecule has 3 heterocycles. The Morgan fingerprint density at radius 2 is 1.96 bits per heavy atom. The fraction of sp³-hybridized carbons (Fsp3) is 0.316. The Morgan fingerprint density at radius 1 is 1.19 bits per heavy atom. The summed E-state index contributed by atoms with van der Waals surface area (Å²) in [5.41, 5.74) is 2.81. The van der Waals surface area contributed by atoms with Gasteiger partial charge in [-0.1, -0.05) is 30.3 Å². The minimum atomic E-state index is -0.135. The third-order valence-corrected chi connectivity index (χ3v) is 6.39. The van der Waals surface area contributed by atoms with Gasteiger partial charge in [-0.05, 0) is 32.9 Å². The fourth-order valence-corrected chi connectivity index (χ4v) is 4.74. The van der Waals surface area contributed by atoms with E-state index in [1.807, 2.05) is 42.6 Å². The average Bonchev–Trinajstić information content (AvgIpc) is 3.38. The fourth-order valence-electron chi connectivity index (χ4n) is 3.07. The lowest BCUT2D eigenvalue weighted by atomic mass is 10.2. The first-order valence-electron chi connectivity index (χ1n) is 8.70. The van der Waals surface area contributed by atoms with Gasteiger partial charge in [0.1, 0.15) is 9.88 Å². The molecule has 0 unspecified atom stereocenters. The first kappa shape index (κ1) is 17.3. The molecule has 26 heavy (non-hydrogen) atoms. The van der Waals surface area contributed by atoms with Crippen molar-refractivity contribution in [1.29, 1.82) is 0 Å². The van der Waals surface area contributed by atoms with Crippen molar-refractivity contribution in [3.05, 3.63) is 52.0 Å². The molecule has 0 radical (unpaired) electrons. The Kier molecular flexibility index (Phi) is 5.10. The molecule has 7 heteroatoms. The molecule has 0 spiro atoms. The number of hydrogen-bond acceptors (Lipinski definition) is 6. The lowest BCUT2D eigenvalue weighted by molar-refractivity contribution is 0.103. The SMILES string of the molecule is Cc1nc(-c2ccccc2)sc1C(=O)Nc1nc(CN2CCCC2)cs1. The summed E-state index contributed by atoms with van der Waals surface area (Å²) in [6, 6.07) is 9.93. The Balaban J connectivity index is 1.45. The molecule has 0 aliphatic carbocycles. The number of hydrogen-bond donors (Lipinski definition) is 1. The van der Waals surface area contributed by atoms with E-state index in [0.29, 0.717) is 10.0 Å². The number of carbonyl (C=O) groups excluding carboxylic acids is 1. The average molecular weight is 385 g/mol. The van der Waals surface area contributed by atoms with Gasteiger partial charge in [0.05, 0.1) is 11.4 Å². The second kappa shape index (κ2) is 7.65. The Labute approximate surface area is 160 Å². The number of thiazole rings is 2. The molecule has 0 atom stereocenters. The van der Waals surface area contributed by atoms with Crippen LogP contribution in [-0.4, -0.2) is 33.9 Å². The number of aromatic nitrogens is 2. The Hall–Kier alpha value is -2.09. The maximum atomic E-state index is 12.6. The summed E-state index contributed by atoms with van der Waals surface area (Å²) in [6.07, 6.45) is 2.53. The molecule has 2 aromatic heterocycles. The molecule has 1 saturated heterocycles. The van der Waals surface area contributed by atoms with Gasteiger partial charge >= 0.3 is 0 Å². The van der Waals surface area contributed by atoms with Crippen molar-refractivity contribution in [2.24, 2.45) is 0 Å². The van der Waals surface area contributed by atoms with Gasteiger partial charge in [0.15, 0.2) is 5.13 Å². The van der Waals surface area contributed by atoms with Gasteiger partial charge in [-0.2, -0.15) is 0 Å². The molecule has 5 nitrogen and oxygen atoms in total. The lowest BCUT2D eigenvalue weighted by Crippen LogP contribution is -2.18. The molecule has 0 bridgehead atoms. The predicted octanol–water partition coefficient (Wildman–Crippen LogP) is 4.42. The van der Waals surface area contributed by atoms with Crippen LogP contribution in [0.2, 0.25) is 0 Å². The Morgan fingerprint density at radius 3 is 2.73 bits per heavy atom. The highest BCUT2D eigenvalue weighted by Gasteiger charge is 2.18. The third kappa shape index (κ3) is 3.85. The van der Waals surface area contributed by atoms with Gasteiger partial charge < -0.3 is 0 Å². The number of nitrogens with one attached hydrogen (secondary N) is 1. The Bertz CT molecular complexity index is 897. The molecule has 1 N–H and O–H groups in total. The first-order chi connectivity index (χ1) is 12.7. The summed E-state index contributed by atoms with van der Waals surface area (Å²) >= 11 is 2.90. The molecular formula is C19H20N4OS2. The van der Waals surface area contributed by atoms with Gasteiger partial charge in [0.2, 0.25) is 0 Å². The topological polar surface area (TPSA) is 58.1 Å². The monoisotopic (exact) mass is 384 g/mol. The van der Waals surface area contributed by atoms with E-state index in [-0.39, 0.29) is 5.91 Å². The molecule has 1 aliphatic heterocycles. The zero-order valence-electron chi connectivity index (χ0n) is 14.6. The molecule has 1 aliphatic rings. The van der Waals surface area contributed by atoms with Gasteiger partial charge in [0.25, 0.3) is 5.91 Å². The largest absolute Gasteiger partial charge is 0.297 e. The number of carbonyl (C=O) groups is 1. The number of benzene rings is 1. The van der Waals surface area contributed by atoms with Crippen LogP contribution in [0, 0.1) is 6.92 Å². The van der Waals surface area contributed by atoms with Crippen LogP contribution in [0.1, 0.15) is 33.9 Å². The summed E-state index contributed by atoms with van der Waals surface area (Å²) in [6.45, 7) is 5.02. The second-order valence-electron chi connectivity index (χ2n) is 6.38. The predicted molar refractivity (Wildman–Crippen MR) is 107 cm³/mol. The summed E-state index contributed by atoms with van der Waals surface area (Å²) in [5.74, 6) is -0.135. The molecule has 134 valence electrons. The summed E-state index contributed by atoms with van der Waals surface area (Å²) in [5, 5.41) is 6.47. The number of likely N-dealkylation sites (tertiary alicyclic amines) is 1. The molecule has 1 amide bonds. The van der Waals surface area contributed by atoms with Crippen LogP contribution in [0.3, 0.4) is 0 Å². The maximum Gasteiger partial charge on any atom is 0.269 e. The van der Waals surface area contributed by atoms with E-state index in [1.54, 1.807) is 0 Å². The standard InChI is InChI=1S/C19H20N4OS2/c1-13-16(26-18(20-13)14-7-3-2-4-8-14)17(24)22-19-21-15(12-25-19)11-23-9-5-6-10-23/h2-4,7-8,12H,5-6,9-11H2,1H3,(H,21,22,24). The van der Waals surface area contributed by atoms with E-state index in [2.05, 4.69) is 20.2 Å². The van der Waals surface area contributed by atoms with Crippen LogP contribution < -0.4 is 5.32 Å². The van der Waals surface area contributed by atoms with E-state index in [0.717, 1.165) is 41.6 Å². The van der Waals surface area contributed by atoms with Crippen molar-refractivity contribution in [2.75, 3.05) is 18.4 Å². The van der Waals surface area contributed by atoms with E-state index in [4.69, 9.17) is 0 Å². The highest BCUT2D eigenvalue weighted by molar-refractivity contribution is 7.17. The van der Waals surface area contributed by atoms with Crippen molar-refractivity contribution in [3.8, 4) is 10.6 Å². The normalized spacial score (nSPS) is 14.7. The first-order valence-corrected chi connectivity index (χ1v) is 10.4. The van der Waals surface area contributed by atoms with Crippen molar-refractivity contribution in [3.63, 3.8) is 0 Å². The minimum absolute atomic E-state index is 0.135. The number of anilines is 1. The second-order valence-corrected chi connectivity index (χ2v) is 8.24. The lowest BCUT2D eigenvalue weighted by Gasteiger charge is -2.11. The molecular weight excluding hydrogens is 364 g/mol. The van der Waals surface area contributed by atoms with Crippen molar-refractivity contribution >= 4 is 33.7 Å². The van der Waals surface area contributed by atoms with Crippen LogP contribution in [0.25, 0.3) is 10.6 Å². The number of aryl methyl sites for hydroxylation is 1. The molecule has 1 aromatic carbocycles. The highest BCUT2D eigenvalue weighted by Crippen LogP contribution is 2.29. The van der Waals surface area contributed by atoms with Crippen LogP contribution in [-0.2, 0) is 6.54 Å². The summed E-state index contributed by atoms with van der Waals surface area (Å²) < 4.78 is 0. The number of amides is 1. The van der Waals surface area contributed by atoms with Crippen molar-refractivity contribution in [2.45, 2.75) is 26.3 Å². The zero-order chi connectivity index (χ0) is 17.9. The summed E-state index contributed by atoms with van der Waals surface area (Å²) in [7, 11) is 0. The van der Waals surface area contributed by atoms with E-state index >= 15 is 0 Å². The molecule has 4 rings (SSSR count). The van der Waals surface area contributed by atoms with E-state index in [9.17, 15) is 4.79 Å². The smallest absolute Gasteiger partial charge is 0.269 e. The van der Waals surface area contributed by atoms with Crippen molar-refractivity contribution < 1.29 is 4.79 Å².